The number of hydrogen-bond donors (Lipinski definition) is 0. The number of nitrogens with zero attached hydrogens (tertiary/aromatic N) is 4. The normalized spacial score (nSPS) is 11.9. The van der Waals surface area contributed by atoms with Crippen LogP contribution in [0.1, 0.15) is 18.2 Å². The lowest BCUT2D eigenvalue weighted by molar-refractivity contribution is 0.667. The minimum Gasteiger partial charge on any atom is -0.452 e. The summed E-state index contributed by atoms with van der Waals surface area (Å²) in [5.41, 5.74) is 15.1. The van der Waals surface area contributed by atoms with Gasteiger partial charge in [0.2, 0.25) is 0 Å². The summed E-state index contributed by atoms with van der Waals surface area (Å²) in [6.07, 6.45) is 6.26. The third kappa shape index (κ3) is 5.25. The average Bonchev–Trinajstić information content (AvgIpc) is 3.93. The van der Waals surface area contributed by atoms with Crippen molar-refractivity contribution in [2.45, 2.75) is 6.92 Å². The Labute approximate surface area is 335 Å². The molecule has 4 aromatic heterocycles. The monoisotopic (exact) mass is 744 g/mol. The highest BCUT2D eigenvalue weighted by atomic mass is 16.3. The first-order valence-electron chi connectivity index (χ1n) is 19.6. The van der Waals surface area contributed by atoms with E-state index in [1.165, 1.54) is 16.2 Å². The van der Waals surface area contributed by atoms with Crippen LogP contribution in [-0.2, 0) is 0 Å². The maximum Gasteiger partial charge on any atom is 0.180 e. The second kappa shape index (κ2) is 13.5. The number of fused-ring (bicyclic) bond motifs is 7. The highest BCUT2D eigenvalue weighted by Crippen LogP contribution is 2.40. The van der Waals surface area contributed by atoms with Crippen molar-refractivity contribution in [2.24, 2.45) is 0 Å². The number of allylic oxidation sites excluding steroid dienone is 1. The highest BCUT2D eigenvalue weighted by molar-refractivity contribution is 6.12. The summed E-state index contributed by atoms with van der Waals surface area (Å²) in [6, 6.07) is 59.6. The molecule has 0 spiro atoms. The van der Waals surface area contributed by atoms with Gasteiger partial charge in [-0.2, -0.15) is 0 Å². The molecule has 0 aliphatic rings. The average molecular weight is 745 g/mol. The number of aromatic nitrogens is 4. The Morgan fingerprint density at radius 3 is 1.88 bits per heavy atom. The van der Waals surface area contributed by atoms with Gasteiger partial charge in [0.1, 0.15) is 16.8 Å². The first kappa shape index (κ1) is 33.6. The van der Waals surface area contributed by atoms with E-state index >= 15 is 0 Å². The Balaban J connectivity index is 1.09. The molecule has 11 rings (SSSR count). The van der Waals surface area contributed by atoms with E-state index in [1.807, 2.05) is 42.5 Å². The quantitative estimate of drug-likeness (QED) is 0.163. The molecule has 0 N–H and O–H groups in total. The van der Waals surface area contributed by atoms with Crippen LogP contribution in [0.25, 0.3) is 112 Å². The molecule has 0 saturated heterocycles. The summed E-state index contributed by atoms with van der Waals surface area (Å²) < 4.78 is 11.2. The van der Waals surface area contributed by atoms with Gasteiger partial charge in [-0.05, 0) is 84.8 Å². The maximum absolute atomic E-state index is 6.59. The first-order chi connectivity index (χ1) is 28.7. The molecule has 7 aromatic carbocycles. The summed E-state index contributed by atoms with van der Waals surface area (Å²) >= 11 is 0. The Kier molecular flexibility index (Phi) is 7.79. The number of para-hydroxylation sites is 2. The molecule has 11 aromatic rings. The van der Waals surface area contributed by atoms with Crippen molar-refractivity contribution in [3.05, 3.63) is 194 Å². The Morgan fingerprint density at radius 1 is 0.517 bits per heavy atom. The molecule has 0 aliphatic heterocycles. The molecule has 0 radical (unpaired) electrons. The van der Waals surface area contributed by atoms with E-state index in [9.17, 15) is 0 Å². The molecule has 4 heterocycles. The minimum atomic E-state index is 0.665. The molecule has 0 saturated carbocycles. The van der Waals surface area contributed by atoms with E-state index in [1.54, 1.807) is 0 Å². The van der Waals surface area contributed by atoms with Crippen LogP contribution in [0.3, 0.4) is 0 Å². The van der Waals surface area contributed by atoms with E-state index in [4.69, 9.17) is 14.4 Å². The molecule has 5 heteroatoms. The predicted octanol–water partition coefficient (Wildman–Crippen LogP) is 14.1. The second-order valence-electron chi connectivity index (χ2n) is 14.6. The van der Waals surface area contributed by atoms with Gasteiger partial charge in [-0.15, -0.1) is 0 Å². The van der Waals surface area contributed by atoms with Crippen LogP contribution in [0.2, 0.25) is 0 Å². The third-order valence-corrected chi connectivity index (χ3v) is 11.2. The van der Waals surface area contributed by atoms with Crippen molar-refractivity contribution < 1.29 is 4.42 Å². The van der Waals surface area contributed by atoms with Gasteiger partial charge in [0, 0.05) is 49.6 Å². The van der Waals surface area contributed by atoms with Gasteiger partial charge in [-0.25, -0.2) is 9.97 Å². The van der Waals surface area contributed by atoms with Crippen molar-refractivity contribution in [3.8, 4) is 45.1 Å². The molecule has 0 amide bonds. The fourth-order valence-electron chi connectivity index (χ4n) is 8.62. The molecule has 58 heavy (non-hydrogen) atoms. The van der Waals surface area contributed by atoms with Crippen LogP contribution in [0, 0.1) is 0 Å². The zero-order chi connectivity index (χ0) is 38.7. The lowest BCUT2D eigenvalue weighted by atomic mass is 10.00. The van der Waals surface area contributed by atoms with E-state index in [2.05, 4.69) is 168 Å². The van der Waals surface area contributed by atoms with Crippen molar-refractivity contribution in [1.82, 2.24) is 19.1 Å². The largest absolute Gasteiger partial charge is 0.452 e. The van der Waals surface area contributed by atoms with E-state index < -0.39 is 0 Å². The van der Waals surface area contributed by atoms with Crippen molar-refractivity contribution in [2.75, 3.05) is 0 Å². The smallest absolute Gasteiger partial charge is 0.180 e. The number of rotatable bonds is 7. The number of hydrogen-bond acceptors (Lipinski definition) is 3. The van der Waals surface area contributed by atoms with Crippen LogP contribution in [0.5, 0.6) is 0 Å². The van der Waals surface area contributed by atoms with Crippen LogP contribution < -0.4 is 0 Å². The number of furan rings is 1. The Hall–Kier alpha value is -7.76. The van der Waals surface area contributed by atoms with Crippen LogP contribution >= 0.6 is 0 Å². The summed E-state index contributed by atoms with van der Waals surface area (Å²) in [5.74, 6) is 0.665. The lowest BCUT2D eigenvalue weighted by Crippen LogP contribution is -1.96. The van der Waals surface area contributed by atoms with Gasteiger partial charge in [0.25, 0.3) is 0 Å². The summed E-state index contributed by atoms with van der Waals surface area (Å²) in [5, 5.41) is 4.51. The fourth-order valence-corrected chi connectivity index (χ4v) is 8.62. The van der Waals surface area contributed by atoms with E-state index in [-0.39, 0.29) is 0 Å². The minimum absolute atomic E-state index is 0.665. The summed E-state index contributed by atoms with van der Waals surface area (Å²) in [6.45, 7) is 6.28. The van der Waals surface area contributed by atoms with Crippen LogP contribution in [0.4, 0.5) is 0 Å². The van der Waals surface area contributed by atoms with Gasteiger partial charge in [0.05, 0.1) is 22.2 Å². The van der Waals surface area contributed by atoms with E-state index in [0.717, 1.165) is 83.6 Å². The zero-order valence-electron chi connectivity index (χ0n) is 31.8. The molecule has 274 valence electrons. The van der Waals surface area contributed by atoms with E-state index in [0.29, 0.717) is 11.4 Å². The van der Waals surface area contributed by atoms with Crippen LogP contribution in [-0.4, -0.2) is 19.1 Å². The van der Waals surface area contributed by atoms with Crippen molar-refractivity contribution in [3.63, 3.8) is 0 Å². The van der Waals surface area contributed by atoms with Gasteiger partial charge in [-0.3, -0.25) is 0 Å². The van der Waals surface area contributed by atoms with Crippen LogP contribution in [0.15, 0.2) is 187 Å². The molecule has 0 bridgehead atoms. The second-order valence-corrected chi connectivity index (χ2v) is 14.6. The maximum atomic E-state index is 6.59. The molecular formula is C53H36N4O. The molecule has 0 fully saturated rings. The van der Waals surface area contributed by atoms with Crippen molar-refractivity contribution >= 4 is 66.9 Å². The van der Waals surface area contributed by atoms with Gasteiger partial charge in [-0.1, -0.05) is 128 Å². The van der Waals surface area contributed by atoms with Gasteiger partial charge < -0.3 is 13.6 Å². The summed E-state index contributed by atoms with van der Waals surface area (Å²) in [7, 11) is 0. The SMILES string of the molecule is C=Cc1c(/C=C\C)c2cc(-c3ccc4c(c3)c3ccccc3n4-c3ccc4oc5c(-c6ccccc6)nc(-c6ccccc6)nc5c4c3)ccc2n1-c1ccccc1. The topological polar surface area (TPSA) is 48.8 Å². The zero-order valence-corrected chi connectivity index (χ0v) is 31.8. The number of benzene rings is 7. The molecule has 0 aliphatic carbocycles. The Bertz CT molecular complexity index is 3410. The van der Waals surface area contributed by atoms with Crippen molar-refractivity contribution in [1.29, 1.82) is 0 Å². The fraction of sp³-hybridized carbons (Fsp3) is 0.0189. The molecule has 0 atom stereocenters. The summed E-state index contributed by atoms with van der Waals surface area (Å²) in [4.78, 5) is 10.2. The third-order valence-electron chi connectivity index (χ3n) is 11.2. The lowest BCUT2D eigenvalue weighted by Gasteiger charge is -2.10. The standard InChI is InChI=1S/C53H36N4O/c1-3-16-40-42-31-36(25-28-47(42)56(45(40)4-2)38-21-12-7-13-22-38)37-26-29-48-43(32-37)41-23-14-15-24-46(41)57(48)39-27-30-49-44(33-39)51-52(58-49)50(34-17-8-5-9-18-34)54-53(55-51)35-19-10-6-11-20-35/h3-33H,2H2,1H3/b16-3-. The first-order valence-corrected chi connectivity index (χ1v) is 19.6. The highest BCUT2D eigenvalue weighted by Gasteiger charge is 2.21. The predicted molar refractivity (Wildman–Crippen MR) is 242 cm³/mol. The molecule has 0 unspecified atom stereocenters. The van der Waals surface area contributed by atoms with Gasteiger partial charge >= 0.3 is 0 Å². The molecular weight excluding hydrogens is 709 g/mol. The Morgan fingerprint density at radius 2 is 1.16 bits per heavy atom. The molecule has 5 nitrogen and oxygen atoms in total. The van der Waals surface area contributed by atoms with Gasteiger partial charge in [0.15, 0.2) is 11.4 Å².